The van der Waals surface area contributed by atoms with Crippen molar-refractivity contribution in [2.75, 3.05) is 6.54 Å². The Kier molecular flexibility index (Phi) is 4.19. The van der Waals surface area contributed by atoms with Crippen molar-refractivity contribution in [3.63, 3.8) is 0 Å². The van der Waals surface area contributed by atoms with Crippen LogP contribution in [0.25, 0.3) is 0 Å². The molecule has 2 aliphatic rings. The molecule has 6 heteroatoms. The van der Waals surface area contributed by atoms with Crippen LogP contribution in [0.15, 0.2) is 16.7 Å². The van der Waals surface area contributed by atoms with Gasteiger partial charge in [0.05, 0.1) is 11.2 Å². The lowest BCUT2D eigenvalue weighted by atomic mass is 9.72. The van der Waals surface area contributed by atoms with Crippen molar-refractivity contribution in [1.82, 2.24) is 4.90 Å². The molecule has 1 aliphatic heterocycles. The van der Waals surface area contributed by atoms with Crippen molar-refractivity contribution in [3.8, 4) is 0 Å². The first-order chi connectivity index (χ1) is 10.9. The average Bonchev–Trinajstić information content (AvgIpc) is 3.15. The second-order valence-electron chi connectivity index (χ2n) is 6.98. The summed E-state index contributed by atoms with van der Waals surface area (Å²) in [7, 11) is 0. The van der Waals surface area contributed by atoms with E-state index in [4.69, 9.17) is 10.2 Å². The lowest BCUT2D eigenvalue weighted by Gasteiger charge is -2.43. The van der Waals surface area contributed by atoms with Gasteiger partial charge in [-0.15, -0.1) is 0 Å². The van der Waals surface area contributed by atoms with Gasteiger partial charge in [0.1, 0.15) is 6.26 Å². The highest BCUT2D eigenvalue weighted by atomic mass is 16.3. The van der Waals surface area contributed by atoms with Gasteiger partial charge in [-0.2, -0.15) is 0 Å². The van der Waals surface area contributed by atoms with Gasteiger partial charge in [0.2, 0.25) is 0 Å². The molecular weight excluding hydrogens is 296 g/mol. The fraction of sp³-hybridized carbons (Fsp3) is 0.647. The first-order valence-electron chi connectivity index (χ1n) is 8.32. The normalized spacial score (nSPS) is 31.3. The number of hydrogen-bond donors (Lipinski definition) is 2. The van der Waals surface area contributed by atoms with Gasteiger partial charge in [-0.3, -0.25) is 9.59 Å². The molecule has 6 nitrogen and oxygen atoms in total. The van der Waals surface area contributed by atoms with E-state index in [1.54, 1.807) is 0 Å². The first kappa shape index (κ1) is 16.1. The molecule has 0 unspecified atom stereocenters. The van der Waals surface area contributed by atoms with E-state index >= 15 is 0 Å². The number of carbonyl (C=O) groups excluding carboxylic acids is 2. The molecule has 1 aromatic rings. The summed E-state index contributed by atoms with van der Waals surface area (Å²) < 4.78 is 5.06. The third-order valence-electron chi connectivity index (χ3n) is 5.36. The van der Waals surface area contributed by atoms with Crippen LogP contribution in [0.2, 0.25) is 0 Å². The highest BCUT2D eigenvalue weighted by Gasteiger charge is 2.44. The molecule has 3 N–H and O–H groups in total. The van der Waals surface area contributed by atoms with Gasteiger partial charge in [0.15, 0.2) is 5.76 Å². The van der Waals surface area contributed by atoms with Crippen molar-refractivity contribution in [2.24, 2.45) is 11.7 Å². The summed E-state index contributed by atoms with van der Waals surface area (Å²) in [6.07, 6.45) is 6.99. The van der Waals surface area contributed by atoms with Gasteiger partial charge in [-0.25, -0.2) is 0 Å². The van der Waals surface area contributed by atoms with E-state index in [-0.39, 0.29) is 23.6 Å². The SMILES string of the molecule is C[C@]1(O)CCCC[C@H]1[C@H]1CCCN1C(=O)c1coc(C(N)=O)c1. The minimum atomic E-state index is -0.722. The molecule has 1 saturated heterocycles. The van der Waals surface area contributed by atoms with E-state index in [0.717, 1.165) is 38.5 Å². The van der Waals surface area contributed by atoms with Crippen LogP contribution in [0.1, 0.15) is 66.4 Å². The Morgan fingerprint density at radius 2 is 2.13 bits per heavy atom. The van der Waals surface area contributed by atoms with Crippen LogP contribution in [-0.4, -0.2) is 40.0 Å². The zero-order chi connectivity index (χ0) is 16.6. The zero-order valence-corrected chi connectivity index (χ0v) is 13.5. The number of primary amides is 1. The predicted octanol–water partition coefficient (Wildman–Crippen LogP) is 1.92. The highest BCUT2D eigenvalue weighted by Crippen LogP contribution is 2.41. The topological polar surface area (TPSA) is 96.8 Å². The van der Waals surface area contributed by atoms with Gasteiger partial charge in [0, 0.05) is 24.6 Å². The Morgan fingerprint density at radius 3 is 2.78 bits per heavy atom. The maximum absolute atomic E-state index is 12.8. The number of rotatable bonds is 3. The number of nitrogens with two attached hydrogens (primary N) is 1. The van der Waals surface area contributed by atoms with Crippen LogP contribution in [0.4, 0.5) is 0 Å². The Balaban J connectivity index is 1.80. The van der Waals surface area contributed by atoms with Crippen molar-refractivity contribution in [3.05, 3.63) is 23.7 Å². The van der Waals surface area contributed by atoms with Crippen molar-refractivity contribution in [2.45, 2.75) is 57.1 Å². The molecule has 2 amide bonds. The summed E-state index contributed by atoms with van der Waals surface area (Å²) >= 11 is 0. The minimum Gasteiger partial charge on any atom is -0.458 e. The fourth-order valence-electron chi connectivity index (χ4n) is 4.16. The van der Waals surface area contributed by atoms with Crippen LogP contribution in [0.5, 0.6) is 0 Å². The van der Waals surface area contributed by atoms with Gasteiger partial charge >= 0.3 is 0 Å². The van der Waals surface area contributed by atoms with Crippen molar-refractivity contribution < 1.29 is 19.1 Å². The number of likely N-dealkylation sites (tertiary alicyclic amines) is 1. The molecule has 1 aromatic heterocycles. The standard InChI is InChI=1S/C17H24N2O4/c1-17(22)7-3-2-5-12(17)13-6-4-8-19(13)16(21)11-9-14(15(18)20)23-10-11/h9-10,12-13,22H,2-8H2,1H3,(H2,18,20)/t12-,13+,17-/m0/s1. The van der Waals surface area contributed by atoms with Crippen LogP contribution in [0, 0.1) is 5.92 Å². The lowest BCUT2D eigenvalue weighted by molar-refractivity contribution is -0.0577. The summed E-state index contributed by atoms with van der Waals surface area (Å²) in [5.41, 5.74) is 4.80. The molecule has 2 fully saturated rings. The van der Waals surface area contributed by atoms with Crippen LogP contribution >= 0.6 is 0 Å². The zero-order valence-electron chi connectivity index (χ0n) is 13.5. The monoisotopic (exact) mass is 320 g/mol. The van der Waals surface area contributed by atoms with Gasteiger partial charge in [-0.1, -0.05) is 12.8 Å². The Bertz CT molecular complexity index is 607. The fourth-order valence-corrected chi connectivity index (χ4v) is 4.16. The van der Waals surface area contributed by atoms with Crippen molar-refractivity contribution in [1.29, 1.82) is 0 Å². The quantitative estimate of drug-likeness (QED) is 0.889. The molecule has 3 atom stereocenters. The second-order valence-corrected chi connectivity index (χ2v) is 6.98. The Morgan fingerprint density at radius 1 is 1.35 bits per heavy atom. The van der Waals surface area contributed by atoms with Crippen LogP contribution < -0.4 is 5.73 Å². The van der Waals surface area contributed by atoms with E-state index < -0.39 is 11.5 Å². The van der Waals surface area contributed by atoms with Crippen LogP contribution in [-0.2, 0) is 0 Å². The number of nitrogens with zero attached hydrogens (tertiary/aromatic N) is 1. The third-order valence-corrected chi connectivity index (χ3v) is 5.36. The molecule has 0 bridgehead atoms. The van der Waals surface area contributed by atoms with Crippen molar-refractivity contribution >= 4 is 11.8 Å². The average molecular weight is 320 g/mol. The Labute approximate surface area is 135 Å². The highest BCUT2D eigenvalue weighted by molar-refractivity contribution is 5.98. The molecule has 0 radical (unpaired) electrons. The van der Waals surface area contributed by atoms with E-state index in [1.165, 1.54) is 12.3 Å². The number of hydrogen-bond acceptors (Lipinski definition) is 4. The Hall–Kier alpha value is -1.82. The maximum atomic E-state index is 12.8. The molecule has 1 aliphatic carbocycles. The largest absolute Gasteiger partial charge is 0.458 e. The van der Waals surface area contributed by atoms with Gasteiger partial charge in [-0.05, 0) is 32.6 Å². The molecule has 23 heavy (non-hydrogen) atoms. The number of aliphatic hydroxyl groups is 1. The molecule has 1 saturated carbocycles. The maximum Gasteiger partial charge on any atom is 0.284 e. The number of furan rings is 1. The molecule has 2 heterocycles. The smallest absolute Gasteiger partial charge is 0.284 e. The first-order valence-corrected chi connectivity index (χ1v) is 8.32. The minimum absolute atomic E-state index is 0.00578. The molecule has 3 rings (SSSR count). The second kappa shape index (κ2) is 6.00. The van der Waals surface area contributed by atoms with Crippen LogP contribution in [0.3, 0.4) is 0 Å². The van der Waals surface area contributed by atoms with E-state index in [0.29, 0.717) is 12.1 Å². The summed E-state index contributed by atoms with van der Waals surface area (Å²) in [6.45, 7) is 2.56. The molecule has 0 aromatic carbocycles. The third kappa shape index (κ3) is 3.00. The van der Waals surface area contributed by atoms with E-state index in [9.17, 15) is 14.7 Å². The summed E-state index contributed by atoms with van der Waals surface area (Å²) in [5, 5.41) is 10.7. The molecule has 0 spiro atoms. The predicted molar refractivity (Wildman–Crippen MR) is 83.9 cm³/mol. The molecular formula is C17H24N2O4. The number of carbonyl (C=O) groups is 2. The van der Waals surface area contributed by atoms with E-state index in [1.807, 2.05) is 11.8 Å². The summed E-state index contributed by atoms with van der Waals surface area (Å²) in [6, 6.07) is 1.45. The van der Waals surface area contributed by atoms with E-state index in [2.05, 4.69) is 0 Å². The summed E-state index contributed by atoms with van der Waals surface area (Å²) in [5.74, 6) is -0.735. The van der Waals surface area contributed by atoms with Gasteiger partial charge in [0.25, 0.3) is 11.8 Å². The summed E-state index contributed by atoms with van der Waals surface area (Å²) in [4.78, 5) is 25.7. The van der Waals surface area contributed by atoms with Gasteiger partial charge < -0.3 is 20.2 Å². The number of amides is 2. The lowest BCUT2D eigenvalue weighted by Crippen LogP contribution is -2.50. The molecule has 126 valence electrons.